The number of pyridine rings is 1. The second-order valence-corrected chi connectivity index (χ2v) is 5.08. The molecule has 1 aromatic heterocycles. The van der Waals surface area contributed by atoms with Crippen molar-refractivity contribution in [3.8, 4) is 0 Å². The summed E-state index contributed by atoms with van der Waals surface area (Å²) in [5.74, 6) is 0.543. The van der Waals surface area contributed by atoms with E-state index in [-0.39, 0.29) is 0 Å². The number of nitrogens with zero attached hydrogens (tertiary/aromatic N) is 2. The molecule has 1 unspecified atom stereocenters. The zero-order chi connectivity index (χ0) is 13.9. The molecule has 1 aliphatic rings. The maximum absolute atomic E-state index is 12.4. The maximum atomic E-state index is 12.4. The van der Waals surface area contributed by atoms with E-state index in [1.165, 1.54) is 18.7 Å². The monoisotopic (exact) mass is 273 g/mol. The Labute approximate surface area is 110 Å². The molecule has 1 aliphatic heterocycles. The van der Waals surface area contributed by atoms with Crippen molar-refractivity contribution in [3.63, 3.8) is 0 Å². The van der Waals surface area contributed by atoms with Gasteiger partial charge in [0.25, 0.3) is 0 Å². The summed E-state index contributed by atoms with van der Waals surface area (Å²) in [6.07, 6.45) is -0.792. The topological polar surface area (TPSA) is 28.2 Å². The third-order valence-electron chi connectivity index (χ3n) is 3.37. The highest BCUT2D eigenvalue weighted by molar-refractivity contribution is 5.41. The third kappa shape index (κ3) is 4.09. The molecule has 1 N–H and O–H groups in total. The summed E-state index contributed by atoms with van der Waals surface area (Å²) in [7, 11) is 2.09. The van der Waals surface area contributed by atoms with Crippen LogP contribution in [0.1, 0.15) is 18.5 Å². The Balaban J connectivity index is 1.86. The molecule has 1 aromatic rings. The molecule has 6 heteroatoms. The molecule has 0 aliphatic carbocycles. The Bertz CT molecular complexity index is 403. The van der Waals surface area contributed by atoms with Crippen molar-refractivity contribution in [1.29, 1.82) is 0 Å². The van der Waals surface area contributed by atoms with E-state index in [0.717, 1.165) is 32.1 Å². The van der Waals surface area contributed by atoms with Crippen molar-refractivity contribution >= 4 is 5.69 Å². The van der Waals surface area contributed by atoms with Gasteiger partial charge in [-0.15, -0.1) is 0 Å². The molecule has 3 nitrogen and oxygen atoms in total. The summed E-state index contributed by atoms with van der Waals surface area (Å²) in [6, 6.07) is 2.44. The van der Waals surface area contributed by atoms with E-state index in [2.05, 4.69) is 22.2 Å². The van der Waals surface area contributed by atoms with Crippen LogP contribution in [0.15, 0.2) is 18.3 Å². The molecule has 0 aromatic carbocycles. The standard InChI is InChI=1S/C13H18F3N3/c1-19-6-2-3-10(9-19)7-17-11-4-5-12(18-8-11)13(14,15)16/h4-5,8,10,17H,2-3,6-7,9H2,1H3. The van der Waals surface area contributed by atoms with Crippen LogP contribution in [0.25, 0.3) is 0 Å². The first-order valence-electron chi connectivity index (χ1n) is 6.41. The van der Waals surface area contributed by atoms with Crippen molar-refractivity contribution in [3.05, 3.63) is 24.0 Å². The van der Waals surface area contributed by atoms with E-state index < -0.39 is 11.9 Å². The molecular weight excluding hydrogens is 255 g/mol. The van der Waals surface area contributed by atoms with Crippen molar-refractivity contribution < 1.29 is 13.2 Å². The number of rotatable bonds is 3. The van der Waals surface area contributed by atoms with Gasteiger partial charge in [-0.3, -0.25) is 0 Å². The number of halogens is 3. The van der Waals surface area contributed by atoms with Gasteiger partial charge in [0.1, 0.15) is 5.69 Å². The van der Waals surface area contributed by atoms with Gasteiger partial charge < -0.3 is 10.2 Å². The third-order valence-corrected chi connectivity index (χ3v) is 3.37. The fraction of sp³-hybridized carbons (Fsp3) is 0.615. The Morgan fingerprint density at radius 2 is 2.21 bits per heavy atom. The minimum Gasteiger partial charge on any atom is -0.383 e. The zero-order valence-corrected chi connectivity index (χ0v) is 10.9. The number of hydrogen-bond donors (Lipinski definition) is 1. The number of nitrogens with one attached hydrogen (secondary N) is 1. The van der Waals surface area contributed by atoms with Gasteiger partial charge in [0.15, 0.2) is 0 Å². The van der Waals surface area contributed by atoms with Crippen LogP contribution >= 0.6 is 0 Å². The van der Waals surface area contributed by atoms with Crippen LogP contribution in [0.3, 0.4) is 0 Å². The average Bonchev–Trinajstić information content (AvgIpc) is 2.36. The molecule has 0 bridgehead atoms. The summed E-state index contributed by atoms with van der Waals surface area (Å²) in [5, 5.41) is 3.16. The molecule has 1 atom stereocenters. The van der Waals surface area contributed by atoms with E-state index in [9.17, 15) is 13.2 Å². The van der Waals surface area contributed by atoms with Crippen LogP contribution in [0.5, 0.6) is 0 Å². The molecule has 1 fully saturated rings. The van der Waals surface area contributed by atoms with Crippen molar-refractivity contribution in [1.82, 2.24) is 9.88 Å². The lowest BCUT2D eigenvalue weighted by Crippen LogP contribution is -2.35. The Morgan fingerprint density at radius 1 is 1.42 bits per heavy atom. The second-order valence-electron chi connectivity index (χ2n) is 5.08. The average molecular weight is 273 g/mol. The molecule has 0 amide bonds. The molecule has 1 saturated heterocycles. The number of anilines is 1. The van der Waals surface area contributed by atoms with Crippen LogP contribution < -0.4 is 5.32 Å². The molecule has 0 radical (unpaired) electrons. The quantitative estimate of drug-likeness (QED) is 0.918. The molecular formula is C13H18F3N3. The predicted molar refractivity (Wildman–Crippen MR) is 67.9 cm³/mol. The number of aromatic nitrogens is 1. The van der Waals surface area contributed by atoms with Gasteiger partial charge in [-0.1, -0.05) is 0 Å². The van der Waals surface area contributed by atoms with Crippen molar-refractivity contribution in [2.45, 2.75) is 19.0 Å². The number of likely N-dealkylation sites (tertiary alicyclic amines) is 1. The molecule has 19 heavy (non-hydrogen) atoms. The number of hydrogen-bond acceptors (Lipinski definition) is 3. The number of piperidine rings is 1. The van der Waals surface area contributed by atoms with Gasteiger partial charge in [-0.2, -0.15) is 13.2 Å². The van der Waals surface area contributed by atoms with Crippen LogP contribution in [0, 0.1) is 5.92 Å². The SMILES string of the molecule is CN1CCCC(CNc2ccc(C(F)(F)F)nc2)C1. The summed E-state index contributed by atoms with van der Waals surface area (Å²) in [5.41, 5.74) is -0.211. The summed E-state index contributed by atoms with van der Waals surface area (Å²) in [4.78, 5) is 5.71. The minimum atomic E-state index is -4.37. The van der Waals surface area contributed by atoms with E-state index in [0.29, 0.717) is 11.6 Å². The normalized spacial score (nSPS) is 21.4. The maximum Gasteiger partial charge on any atom is 0.433 e. The lowest BCUT2D eigenvalue weighted by Gasteiger charge is -2.29. The van der Waals surface area contributed by atoms with E-state index in [1.807, 2.05) is 0 Å². The largest absolute Gasteiger partial charge is 0.433 e. The molecule has 0 spiro atoms. The first-order chi connectivity index (χ1) is 8.95. The van der Waals surface area contributed by atoms with E-state index >= 15 is 0 Å². The van der Waals surface area contributed by atoms with Crippen LogP contribution in [-0.4, -0.2) is 36.6 Å². The van der Waals surface area contributed by atoms with Gasteiger partial charge >= 0.3 is 6.18 Å². The van der Waals surface area contributed by atoms with Gasteiger partial charge in [-0.25, -0.2) is 4.98 Å². The van der Waals surface area contributed by atoms with Crippen molar-refractivity contribution in [2.24, 2.45) is 5.92 Å². The fourth-order valence-corrected chi connectivity index (χ4v) is 2.37. The van der Waals surface area contributed by atoms with E-state index in [4.69, 9.17) is 0 Å². The lowest BCUT2D eigenvalue weighted by atomic mass is 9.98. The summed E-state index contributed by atoms with van der Waals surface area (Å²) < 4.78 is 37.1. The van der Waals surface area contributed by atoms with Gasteiger partial charge in [0.2, 0.25) is 0 Å². The van der Waals surface area contributed by atoms with Gasteiger partial charge in [0, 0.05) is 13.1 Å². The predicted octanol–water partition coefficient (Wildman–Crippen LogP) is 2.85. The van der Waals surface area contributed by atoms with Gasteiger partial charge in [0.05, 0.1) is 11.9 Å². The van der Waals surface area contributed by atoms with Crippen LogP contribution in [0.4, 0.5) is 18.9 Å². The van der Waals surface area contributed by atoms with E-state index in [1.54, 1.807) is 0 Å². The highest BCUT2D eigenvalue weighted by atomic mass is 19.4. The van der Waals surface area contributed by atoms with Crippen LogP contribution in [0.2, 0.25) is 0 Å². The molecule has 0 saturated carbocycles. The molecule has 106 valence electrons. The van der Waals surface area contributed by atoms with Crippen molar-refractivity contribution in [2.75, 3.05) is 32.0 Å². The fourth-order valence-electron chi connectivity index (χ4n) is 2.37. The number of alkyl halides is 3. The Morgan fingerprint density at radius 3 is 2.79 bits per heavy atom. The summed E-state index contributed by atoms with van der Waals surface area (Å²) in [6.45, 7) is 2.93. The van der Waals surface area contributed by atoms with Gasteiger partial charge in [-0.05, 0) is 44.5 Å². The molecule has 2 rings (SSSR count). The Kier molecular flexibility index (Phi) is 4.29. The first kappa shape index (κ1) is 14.1. The smallest absolute Gasteiger partial charge is 0.383 e. The lowest BCUT2D eigenvalue weighted by molar-refractivity contribution is -0.141. The highest BCUT2D eigenvalue weighted by Crippen LogP contribution is 2.27. The summed E-state index contributed by atoms with van der Waals surface area (Å²) >= 11 is 0. The molecule has 2 heterocycles. The van der Waals surface area contributed by atoms with Crippen LogP contribution in [-0.2, 0) is 6.18 Å². The second kappa shape index (κ2) is 5.77. The zero-order valence-electron chi connectivity index (χ0n) is 10.9. The minimum absolute atomic E-state index is 0.543. The Hall–Kier alpha value is -1.30. The highest BCUT2D eigenvalue weighted by Gasteiger charge is 2.32. The first-order valence-corrected chi connectivity index (χ1v) is 6.41.